The highest BCUT2D eigenvalue weighted by atomic mass is 19.4. The number of oxime groups is 1. The molecule has 0 aliphatic heterocycles. The molecule has 0 atom stereocenters. The predicted octanol–water partition coefficient (Wildman–Crippen LogP) is 3.63. The summed E-state index contributed by atoms with van der Waals surface area (Å²) in [5, 5.41) is 3.64. The van der Waals surface area contributed by atoms with Gasteiger partial charge in [0.2, 0.25) is 5.96 Å². The van der Waals surface area contributed by atoms with Crippen LogP contribution >= 0.6 is 0 Å². The minimum absolute atomic E-state index is 0.0552. The van der Waals surface area contributed by atoms with Gasteiger partial charge in [0, 0.05) is 24.5 Å². The number of nitrogens with one attached hydrogen (secondary N) is 1. The molecule has 3 N–H and O–H groups in total. The average molecular weight is 433 g/mol. The van der Waals surface area contributed by atoms with Crippen molar-refractivity contribution in [1.82, 2.24) is 14.8 Å². The number of fused-ring (bicyclic) bond motifs is 1. The molecule has 0 saturated carbocycles. The zero-order chi connectivity index (χ0) is 22.8. The number of guanidine groups is 1. The maximum Gasteiger partial charge on any atom is 0.417 e. The highest BCUT2D eigenvalue weighted by Crippen LogP contribution is 2.35. The molecule has 0 fully saturated rings. The Hall–Kier alpha value is -3.53. The fraction of sp³-hybridized carbons (Fsp3) is 0.238. The van der Waals surface area contributed by atoms with Crippen molar-refractivity contribution in [2.45, 2.75) is 12.7 Å². The summed E-state index contributed by atoms with van der Waals surface area (Å²) < 4.78 is 39.6. The van der Waals surface area contributed by atoms with Crippen LogP contribution in [0.25, 0.3) is 10.9 Å². The molecule has 2 aromatic carbocycles. The number of alkyl halides is 3. The van der Waals surface area contributed by atoms with Crippen LogP contribution in [0.15, 0.2) is 53.7 Å². The molecule has 31 heavy (non-hydrogen) atoms. The van der Waals surface area contributed by atoms with Crippen molar-refractivity contribution >= 4 is 22.8 Å². The van der Waals surface area contributed by atoms with Crippen LogP contribution in [-0.4, -0.2) is 47.8 Å². The minimum atomic E-state index is -4.54. The number of hydrogen-bond acceptors (Lipinski definition) is 4. The van der Waals surface area contributed by atoms with Gasteiger partial charge in [-0.25, -0.2) is 0 Å². The number of H-pyrrole nitrogens is 1. The van der Waals surface area contributed by atoms with Gasteiger partial charge in [-0.05, 0) is 55.1 Å². The highest BCUT2D eigenvalue weighted by Gasteiger charge is 2.33. The van der Waals surface area contributed by atoms with Crippen LogP contribution < -0.4 is 10.6 Å². The third kappa shape index (κ3) is 5.15. The molecule has 0 bridgehead atoms. The molecule has 1 aromatic heterocycles. The number of carbonyl (C=O) groups is 1. The lowest BCUT2D eigenvalue weighted by molar-refractivity contribution is -0.136. The van der Waals surface area contributed by atoms with Gasteiger partial charge in [0.05, 0.1) is 5.56 Å². The van der Waals surface area contributed by atoms with Crippen molar-refractivity contribution in [3.8, 4) is 5.75 Å². The molecule has 164 valence electrons. The lowest BCUT2D eigenvalue weighted by atomic mass is 10.1. The second kappa shape index (κ2) is 8.68. The van der Waals surface area contributed by atoms with Crippen LogP contribution in [0.3, 0.4) is 0 Å². The number of halogens is 3. The van der Waals surface area contributed by atoms with E-state index < -0.39 is 17.6 Å². The maximum absolute atomic E-state index is 13.2. The SMILES string of the molecule is CN(C)Cc1ccc(ON=C(N)N(C)C(=O)c2cc3c(C(F)(F)F)cccc3[nH]2)cc1. The van der Waals surface area contributed by atoms with Crippen molar-refractivity contribution in [3.05, 3.63) is 65.4 Å². The van der Waals surface area contributed by atoms with Crippen molar-refractivity contribution < 1.29 is 22.8 Å². The number of nitrogens with two attached hydrogens (primary N) is 1. The molecule has 0 spiro atoms. The molecule has 0 aliphatic rings. The number of nitrogens with zero attached hydrogens (tertiary/aromatic N) is 3. The Kier molecular flexibility index (Phi) is 6.21. The maximum atomic E-state index is 13.2. The third-order valence-electron chi connectivity index (χ3n) is 4.51. The molecule has 0 saturated heterocycles. The van der Waals surface area contributed by atoms with Crippen LogP contribution in [0.1, 0.15) is 21.6 Å². The van der Waals surface area contributed by atoms with Crippen LogP contribution in [0, 0.1) is 0 Å². The first-order valence-corrected chi connectivity index (χ1v) is 9.27. The molecule has 3 rings (SSSR count). The predicted molar refractivity (Wildman–Crippen MR) is 111 cm³/mol. The molecule has 3 aromatic rings. The zero-order valence-electron chi connectivity index (χ0n) is 17.2. The van der Waals surface area contributed by atoms with Crippen molar-refractivity contribution in [3.63, 3.8) is 0 Å². The van der Waals surface area contributed by atoms with E-state index in [1.807, 2.05) is 31.1 Å². The summed E-state index contributed by atoms with van der Waals surface area (Å²) >= 11 is 0. The lowest BCUT2D eigenvalue weighted by Gasteiger charge is -2.14. The van der Waals surface area contributed by atoms with Gasteiger partial charge in [0.15, 0.2) is 5.75 Å². The van der Waals surface area contributed by atoms with E-state index in [0.29, 0.717) is 5.75 Å². The second-order valence-electron chi connectivity index (χ2n) is 7.23. The van der Waals surface area contributed by atoms with E-state index in [1.165, 1.54) is 19.2 Å². The van der Waals surface area contributed by atoms with Crippen LogP contribution in [0.2, 0.25) is 0 Å². The Labute approximate surface area is 176 Å². The van der Waals surface area contributed by atoms with E-state index in [2.05, 4.69) is 10.1 Å². The molecule has 1 heterocycles. The Bertz CT molecular complexity index is 1100. The van der Waals surface area contributed by atoms with Crippen molar-refractivity contribution in [2.24, 2.45) is 10.9 Å². The fourth-order valence-corrected chi connectivity index (χ4v) is 2.98. The van der Waals surface area contributed by atoms with Crippen LogP contribution in [0.4, 0.5) is 13.2 Å². The van der Waals surface area contributed by atoms with Crippen molar-refractivity contribution in [1.29, 1.82) is 0 Å². The molecule has 0 unspecified atom stereocenters. The van der Waals surface area contributed by atoms with Crippen molar-refractivity contribution in [2.75, 3.05) is 21.1 Å². The van der Waals surface area contributed by atoms with Gasteiger partial charge in [0.1, 0.15) is 5.69 Å². The number of rotatable bonds is 5. The molecular weight excluding hydrogens is 411 g/mol. The summed E-state index contributed by atoms with van der Waals surface area (Å²) in [4.78, 5) is 23.6. The average Bonchev–Trinajstić information content (AvgIpc) is 3.15. The van der Waals surface area contributed by atoms with Gasteiger partial charge >= 0.3 is 6.18 Å². The summed E-state index contributed by atoms with van der Waals surface area (Å²) in [6, 6.07) is 12.0. The number of benzene rings is 2. The second-order valence-corrected chi connectivity index (χ2v) is 7.23. The van der Waals surface area contributed by atoms with E-state index in [1.54, 1.807) is 12.1 Å². The van der Waals surface area contributed by atoms with E-state index in [9.17, 15) is 18.0 Å². The Morgan fingerprint density at radius 2 is 1.81 bits per heavy atom. The van der Waals surface area contributed by atoms with E-state index >= 15 is 0 Å². The first kappa shape index (κ1) is 22.2. The van der Waals surface area contributed by atoms with E-state index in [4.69, 9.17) is 10.6 Å². The first-order chi connectivity index (χ1) is 14.6. The number of hydrogen-bond donors (Lipinski definition) is 2. The van der Waals surface area contributed by atoms with Gasteiger partial charge in [-0.1, -0.05) is 18.2 Å². The highest BCUT2D eigenvalue weighted by molar-refractivity contribution is 6.06. The smallest absolute Gasteiger partial charge is 0.367 e. The fourth-order valence-electron chi connectivity index (χ4n) is 2.98. The summed E-state index contributed by atoms with van der Waals surface area (Å²) in [6.45, 7) is 0.767. The molecule has 0 aliphatic carbocycles. The van der Waals surface area contributed by atoms with Crippen LogP contribution in [-0.2, 0) is 12.7 Å². The van der Waals surface area contributed by atoms with E-state index in [0.717, 1.165) is 29.1 Å². The lowest BCUT2D eigenvalue weighted by Crippen LogP contribution is -2.39. The topological polar surface area (TPSA) is 86.9 Å². The number of aromatic nitrogens is 1. The van der Waals surface area contributed by atoms with Gasteiger partial charge in [-0.15, -0.1) is 0 Å². The Balaban J connectivity index is 1.74. The first-order valence-electron chi connectivity index (χ1n) is 9.27. The molecular formula is C21H22F3N5O2. The van der Waals surface area contributed by atoms with Gasteiger partial charge < -0.3 is 20.5 Å². The minimum Gasteiger partial charge on any atom is -0.367 e. The molecule has 10 heteroatoms. The van der Waals surface area contributed by atoms with Gasteiger partial charge in [0.25, 0.3) is 5.91 Å². The normalized spacial score (nSPS) is 12.4. The number of amides is 1. The molecule has 7 nitrogen and oxygen atoms in total. The number of aromatic amines is 1. The summed E-state index contributed by atoms with van der Waals surface area (Å²) in [6.07, 6.45) is -4.54. The van der Waals surface area contributed by atoms with E-state index in [-0.39, 0.29) is 22.6 Å². The Morgan fingerprint density at radius 3 is 2.42 bits per heavy atom. The van der Waals surface area contributed by atoms with Crippen LogP contribution in [0.5, 0.6) is 5.75 Å². The standard InChI is InChI=1S/C21H22F3N5O2/c1-28(2)12-13-7-9-14(10-8-13)31-27-20(25)29(3)19(30)18-11-15-16(21(22,23)24)5-4-6-17(15)26-18/h4-11,26H,12H2,1-3H3,(H2,25,27). The van der Waals surface area contributed by atoms with Gasteiger partial charge in [-0.2, -0.15) is 13.2 Å². The monoisotopic (exact) mass is 433 g/mol. The summed E-state index contributed by atoms with van der Waals surface area (Å²) in [7, 11) is 5.26. The zero-order valence-corrected chi connectivity index (χ0v) is 17.2. The summed E-state index contributed by atoms with van der Waals surface area (Å²) in [5.41, 5.74) is 6.21. The number of carbonyl (C=O) groups excluding carboxylic acids is 1. The third-order valence-corrected chi connectivity index (χ3v) is 4.51. The largest absolute Gasteiger partial charge is 0.417 e. The van der Waals surface area contributed by atoms with Gasteiger partial charge in [-0.3, -0.25) is 9.69 Å². The molecule has 0 radical (unpaired) electrons. The quantitative estimate of drug-likeness (QED) is 0.366. The summed E-state index contributed by atoms with van der Waals surface area (Å²) in [5.74, 6) is -0.487. The molecule has 1 amide bonds. The Morgan fingerprint density at radius 1 is 1.13 bits per heavy atom.